The summed E-state index contributed by atoms with van der Waals surface area (Å²) in [5, 5.41) is 17.0. The number of imidazole rings is 1. The van der Waals surface area contributed by atoms with E-state index >= 15 is 0 Å². The lowest BCUT2D eigenvalue weighted by Gasteiger charge is -1.95. The summed E-state index contributed by atoms with van der Waals surface area (Å²) in [5.41, 5.74) is 0.653. The van der Waals surface area contributed by atoms with E-state index in [-0.39, 0.29) is 5.82 Å². The first kappa shape index (κ1) is 8.42. The smallest absolute Gasteiger partial charge is 0.342 e. The number of aromatic nitrogens is 4. The van der Waals surface area contributed by atoms with Gasteiger partial charge in [0.05, 0.1) is 7.05 Å². The highest BCUT2D eigenvalue weighted by atomic mass is 16.6. The molecule has 2 aromatic heterocycles. The van der Waals surface area contributed by atoms with E-state index in [1.54, 1.807) is 19.3 Å². The van der Waals surface area contributed by atoms with Gasteiger partial charge < -0.3 is 10.1 Å². The lowest BCUT2D eigenvalue weighted by molar-refractivity contribution is -0.391. The zero-order valence-electron chi connectivity index (χ0n) is 7.34. The van der Waals surface area contributed by atoms with Crippen LogP contribution in [0, 0.1) is 10.1 Å². The molecule has 7 heteroatoms. The molecule has 0 spiro atoms. The fourth-order valence-corrected chi connectivity index (χ4v) is 1.20. The quantitative estimate of drug-likeness (QED) is 0.562. The molecule has 1 N–H and O–H groups in total. The molecule has 14 heavy (non-hydrogen) atoms. The Labute approximate surface area is 78.5 Å². The monoisotopic (exact) mass is 193 g/mol. The lowest BCUT2D eigenvalue weighted by atomic mass is 10.4. The van der Waals surface area contributed by atoms with Crippen molar-refractivity contribution in [3.8, 4) is 11.5 Å². The largest absolute Gasteiger partial charge is 0.358 e. The van der Waals surface area contributed by atoms with E-state index in [1.807, 2.05) is 0 Å². The zero-order chi connectivity index (χ0) is 10.1. The Morgan fingerprint density at radius 1 is 1.64 bits per heavy atom. The van der Waals surface area contributed by atoms with Crippen LogP contribution in [0.15, 0.2) is 18.5 Å². The maximum absolute atomic E-state index is 10.5. The Morgan fingerprint density at radius 2 is 2.43 bits per heavy atom. The third-order valence-corrected chi connectivity index (χ3v) is 1.89. The normalized spacial score (nSPS) is 10.4. The van der Waals surface area contributed by atoms with E-state index in [9.17, 15) is 10.1 Å². The van der Waals surface area contributed by atoms with Gasteiger partial charge in [0.1, 0.15) is 11.9 Å². The highest BCUT2D eigenvalue weighted by Gasteiger charge is 2.18. The van der Waals surface area contributed by atoms with E-state index in [0.29, 0.717) is 11.5 Å². The molecular weight excluding hydrogens is 186 g/mol. The Bertz CT molecular complexity index is 458. The number of nitrogens with zero attached hydrogens (tertiary/aromatic N) is 4. The topological polar surface area (TPSA) is 89.6 Å². The van der Waals surface area contributed by atoms with Crippen LogP contribution >= 0.6 is 0 Å². The van der Waals surface area contributed by atoms with E-state index < -0.39 is 4.92 Å². The Kier molecular flexibility index (Phi) is 1.77. The van der Waals surface area contributed by atoms with Gasteiger partial charge >= 0.3 is 5.82 Å². The maximum atomic E-state index is 10.5. The molecule has 2 rings (SSSR count). The van der Waals surface area contributed by atoms with E-state index in [2.05, 4.69) is 15.2 Å². The molecule has 0 aliphatic rings. The van der Waals surface area contributed by atoms with Gasteiger partial charge in [0, 0.05) is 6.20 Å². The summed E-state index contributed by atoms with van der Waals surface area (Å²) in [7, 11) is 1.58. The lowest BCUT2D eigenvalue weighted by Crippen LogP contribution is -1.98. The fraction of sp³-hybridized carbons (Fsp3) is 0.143. The molecule has 0 saturated carbocycles. The summed E-state index contributed by atoms with van der Waals surface area (Å²) < 4.78 is 1.40. The molecular formula is C7H7N5O2. The van der Waals surface area contributed by atoms with Crippen LogP contribution in [-0.2, 0) is 7.05 Å². The van der Waals surface area contributed by atoms with Crippen molar-refractivity contribution in [2.24, 2.45) is 7.05 Å². The zero-order valence-corrected chi connectivity index (χ0v) is 7.34. The molecule has 0 fully saturated rings. The summed E-state index contributed by atoms with van der Waals surface area (Å²) in [6.45, 7) is 0. The van der Waals surface area contributed by atoms with Crippen LogP contribution in [0.3, 0.4) is 0 Å². The maximum Gasteiger partial charge on any atom is 0.342 e. The highest BCUT2D eigenvalue weighted by molar-refractivity contribution is 5.51. The van der Waals surface area contributed by atoms with Crippen LogP contribution in [0.25, 0.3) is 11.5 Å². The number of nitrogens with one attached hydrogen (secondary N) is 1. The van der Waals surface area contributed by atoms with Crippen molar-refractivity contribution in [2.75, 3.05) is 0 Å². The molecule has 0 aromatic carbocycles. The molecule has 0 saturated heterocycles. The van der Waals surface area contributed by atoms with Crippen molar-refractivity contribution in [1.82, 2.24) is 19.7 Å². The van der Waals surface area contributed by atoms with Crippen molar-refractivity contribution in [3.63, 3.8) is 0 Å². The van der Waals surface area contributed by atoms with E-state index in [0.717, 1.165) is 0 Å². The van der Waals surface area contributed by atoms with Gasteiger partial charge in [0.15, 0.2) is 0 Å². The van der Waals surface area contributed by atoms with Crippen LogP contribution < -0.4 is 0 Å². The number of H-pyrrole nitrogens is 1. The molecule has 0 aliphatic carbocycles. The van der Waals surface area contributed by atoms with Crippen molar-refractivity contribution in [3.05, 3.63) is 28.6 Å². The molecule has 7 nitrogen and oxygen atoms in total. The summed E-state index contributed by atoms with van der Waals surface area (Å²) >= 11 is 0. The second-order valence-corrected chi connectivity index (χ2v) is 2.73. The third-order valence-electron chi connectivity index (χ3n) is 1.89. The molecule has 2 heterocycles. The number of hydrogen-bond donors (Lipinski definition) is 1. The fourth-order valence-electron chi connectivity index (χ4n) is 1.20. The summed E-state index contributed by atoms with van der Waals surface area (Å²) in [4.78, 5) is 14.0. The molecule has 0 aliphatic heterocycles. The van der Waals surface area contributed by atoms with Crippen LogP contribution in [0.1, 0.15) is 0 Å². The number of aromatic amines is 1. The molecule has 0 amide bonds. The second kappa shape index (κ2) is 2.95. The highest BCUT2D eigenvalue weighted by Crippen LogP contribution is 2.19. The Hall–Kier alpha value is -2.18. The van der Waals surface area contributed by atoms with Gasteiger partial charge in [-0.2, -0.15) is 5.10 Å². The van der Waals surface area contributed by atoms with Crippen molar-refractivity contribution < 1.29 is 4.92 Å². The molecule has 72 valence electrons. The SMILES string of the molecule is Cn1c([N+](=O)[O-])cnc1-c1ccn[nH]1. The van der Waals surface area contributed by atoms with Gasteiger partial charge in [0.25, 0.3) is 0 Å². The van der Waals surface area contributed by atoms with Gasteiger partial charge in [0.2, 0.25) is 5.82 Å². The molecule has 0 unspecified atom stereocenters. The standard InChI is InChI=1S/C7H7N5O2/c1-11-6(12(13)14)4-8-7(11)5-2-3-9-10-5/h2-4H,1H3,(H,9,10). The van der Waals surface area contributed by atoms with Gasteiger partial charge in [-0.25, -0.2) is 9.55 Å². The predicted octanol–water partition coefficient (Wildman–Crippen LogP) is 0.718. The van der Waals surface area contributed by atoms with Crippen LogP contribution in [-0.4, -0.2) is 24.7 Å². The average molecular weight is 193 g/mol. The first-order chi connectivity index (χ1) is 6.70. The summed E-state index contributed by atoms with van der Waals surface area (Å²) in [5.74, 6) is 0.448. The minimum Gasteiger partial charge on any atom is -0.358 e. The van der Waals surface area contributed by atoms with Crippen molar-refractivity contribution >= 4 is 5.82 Å². The van der Waals surface area contributed by atoms with Gasteiger partial charge in [-0.1, -0.05) is 0 Å². The molecule has 0 atom stereocenters. The first-order valence-corrected chi connectivity index (χ1v) is 3.86. The molecule has 0 radical (unpaired) electrons. The summed E-state index contributed by atoms with van der Waals surface area (Å²) in [6.07, 6.45) is 2.78. The predicted molar refractivity (Wildman–Crippen MR) is 47.4 cm³/mol. The van der Waals surface area contributed by atoms with Crippen LogP contribution in [0.5, 0.6) is 0 Å². The number of hydrogen-bond acceptors (Lipinski definition) is 4. The van der Waals surface area contributed by atoms with Gasteiger partial charge in [-0.05, 0) is 11.0 Å². The van der Waals surface area contributed by atoms with Gasteiger partial charge in [-0.15, -0.1) is 0 Å². The third kappa shape index (κ3) is 1.15. The van der Waals surface area contributed by atoms with Crippen molar-refractivity contribution in [2.45, 2.75) is 0 Å². The van der Waals surface area contributed by atoms with Crippen molar-refractivity contribution in [1.29, 1.82) is 0 Å². The van der Waals surface area contributed by atoms with E-state index in [4.69, 9.17) is 0 Å². The number of nitro groups is 1. The minimum absolute atomic E-state index is 0.0467. The summed E-state index contributed by atoms with van der Waals surface area (Å²) in [6, 6.07) is 1.70. The first-order valence-electron chi connectivity index (χ1n) is 3.86. The van der Waals surface area contributed by atoms with E-state index in [1.165, 1.54) is 10.8 Å². The number of rotatable bonds is 2. The second-order valence-electron chi connectivity index (χ2n) is 2.73. The minimum atomic E-state index is -0.479. The van der Waals surface area contributed by atoms with Crippen LogP contribution in [0.2, 0.25) is 0 Å². The average Bonchev–Trinajstić information content (AvgIpc) is 2.71. The van der Waals surface area contributed by atoms with Gasteiger partial charge in [-0.3, -0.25) is 5.10 Å². The van der Waals surface area contributed by atoms with Crippen LogP contribution in [0.4, 0.5) is 5.82 Å². The molecule has 2 aromatic rings. The Morgan fingerprint density at radius 3 is 2.93 bits per heavy atom. The molecule has 0 bridgehead atoms. The Balaban J connectivity index is 2.52.